The molecule has 2 aliphatic rings. The Hall–Kier alpha value is -0.900. The summed E-state index contributed by atoms with van der Waals surface area (Å²) in [5.41, 5.74) is 3.42. The summed E-state index contributed by atoms with van der Waals surface area (Å²) in [6.07, 6.45) is 6.66. The van der Waals surface area contributed by atoms with Crippen molar-refractivity contribution in [2.24, 2.45) is 5.92 Å². The third-order valence-corrected chi connectivity index (χ3v) is 6.50. The fourth-order valence-corrected chi connectivity index (χ4v) is 4.63. The van der Waals surface area contributed by atoms with Gasteiger partial charge in [0.05, 0.1) is 5.60 Å². The number of nitrogens with zero attached hydrogens (tertiary/aromatic N) is 2. The Bertz CT molecular complexity index is 565. The fourth-order valence-electron chi connectivity index (χ4n) is 4.63. The van der Waals surface area contributed by atoms with Crippen molar-refractivity contribution < 1.29 is 5.11 Å². The smallest absolute Gasteiger partial charge is 0.0728 e. The molecule has 0 bridgehead atoms. The Balaban J connectivity index is 1.75. The number of aryl methyl sites for hydroxylation is 2. The molecule has 1 aromatic carbocycles. The maximum absolute atomic E-state index is 11.7. The number of likely N-dealkylation sites (N-methyl/N-ethyl adjacent to an activating group) is 1. The third kappa shape index (κ3) is 4.84. The largest absolute Gasteiger partial charge is 0.389 e. The molecule has 0 radical (unpaired) electrons. The van der Waals surface area contributed by atoms with Gasteiger partial charge in [0.25, 0.3) is 0 Å². The SMILES string of the molecule is Cc1ccc(C)c(CC2(O)CCCCCC2CN2CCN(C)CC2)c1. The van der Waals surface area contributed by atoms with E-state index < -0.39 is 5.60 Å². The second kappa shape index (κ2) is 8.20. The highest BCUT2D eigenvalue weighted by Gasteiger charge is 2.39. The van der Waals surface area contributed by atoms with Crippen LogP contribution in [0.2, 0.25) is 0 Å². The van der Waals surface area contributed by atoms with Crippen LogP contribution in [0.5, 0.6) is 0 Å². The molecule has 0 spiro atoms. The van der Waals surface area contributed by atoms with Crippen LogP contribution in [-0.2, 0) is 6.42 Å². The number of piperazine rings is 1. The number of aliphatic hydroxyl groups is 1. The Morgan fingerprint density at radius 3 is 2.60 bits per heavy atom. The molecule has 2 unspecified atom stereocenters. The van der Waals surface area contributed by atoms with E-state index in [1.54, 1.807) is 0 Å². The summed E-state index contributed by atoms with van der Waals surface area (Å²) in [7, 11) is 2.21. The molecule has 1 aromatic rings. The summed E-state index contributed by atoms with van der Waals surface area (Å²) < 4.78 is 0. The molecule has 140 valence electrons. The lowest BCUT2D eigenvalue weighted by Crippen LogP contribution is -2.50. The van der Waals surface area contributed by atoms with E-state index in [4.69, 9.17) is 0 Å². The van der Waals surface area contributed by atoms with E-state index in [2.05, 4.69) is 48.9 Å². The zero-order chi connectivity index (χ0) is 17.9. The number of hydrogen-bond acceptors (Lipinski definition) is 3. The first-order valence-electron chi connectivity index (χ1n) is 10.2. The van der Waals surface area contributed by atoms with E-state index in [1.807, 2.05) is 0 Å². The molecule has 1 aliphatic carbocycles. The molecule has 25 heavy (non-hydrogen) atoms. The van der Waals surface area contributed by atoms with E-state index in [1.165, 1.54) is 42.4 Å². The van der Waals surface area contributed by atoms with Gasteiger partial charge in [0.15, 0.2) is 0 Å². The minimum atomic E-state index is -0.543. The van der Waals surface area contributed by atoms with E-state index in [-0.39, 0.29) is 0 Å². The van der Waals surface area contributed by atoms with Crippen molar-refractivity contribution >= 4 is 0 Å². The minimum absolute atomic E-state index is 0.401. The normalized spacial score (nSPS) is 29.5. The zero-order valence-corrected chi connectivity index (χ0v) is 16.4. The molecule has 3 rings (SSSR count). The molecule has 2 atom stereocenters. The quantitative estimate of drug-likeness (QED) is 0.848. The van der Waals surface area contributed by atoms with Gasteiger partial charge in [-0.05, 0) is 44.9 Å². The van der Waals surface area contributed by atoms with E-state index >= 15 is 0 Å². The van der Waals surface area contributed by atoms with Gasteiger partial charge in [-0.15, -0.1) is 0 Å². The number of benzene rings is 1. The number of rotatable bonds is 4. The van der Waals surface area contributed by atoms with Crippen molar-refractivity contribution in [2.75, 3.05) is 39.8 Å². The van der Waals surface area contributed by atoms with Gasteiger partial charge in [0, 0.05) is 45.1 Å². The molecular weight excluding hydrogens is 308 g/mol. The first-order chi connectivity index (χ1) is 12.0. The zero-order valence-electron chi connectivity index (χ0n) is 16.4. The molecular formula is C22H36N2O. The van der Waals surface area contributed by atoms with E-state index in [0.29, 0.717) is 5.92 Å². The highest BCUT2D eigenvalue weighted by atomic mass is 16.3. The summed E-state index contributed by atoms with van der Waals surface area (Å²) in [5, 5.41) is 11.7. The molecule has 1 aliphatic heterocycles. The van der Waals surface area contributed by atoms with E-state index in [9.17, 15) is 5.11 Å². The second-order valence-corrected chi connectivity index (χ2v) is 8.61. The maximum Gasteiger partial charge on any atom is 0.0728 e. The molecule has 3 nitrogen and oxygen atoms in total. The van der Waals surface area contributed by atoms with Crippen LogP contribution in [0, 0.1) is 19.8 Å². The monoisotopic (exact) mass is 344 g/mol. The first kappa shape index (κ1) is 18.9. The maximum atomic E-state index is 11.7. The van der Waals surface area contributed by atoms with Crippen molar-refractivity contribution in [1.82, 2.24) is 9.80 Å². The fraction of sp³-hybridized carbons (Fsp3) is 0.727. The van der Waals surface area contributed by atoms with Crippen LogP contribution in [0.3, 0.4) is 0 Å². The van der Waals surface area contributed by atoms with Crippen LogP contribution in [-0.4, -0.2) is 60.3 Å². The van der Waals surface area contributed by atoms with Crippen molar-refractivity contribution in [2.45, 2.75) is 58.0 Å². The Morgan fingerprint density at radius 2 is 1.84 bits per heavy atom. The lowest BCUT2D eigenvalue weighted by Gasteiger charge is -2.41. The first-order valence-corrected chi connectivity index (χ1v) is 10.2. The molecule has 0 amide bonds. The van der Waals surface area contributed by atoms with Gasteiger partial charge in [-0.3, -0.25) is 0 Å². The van der Waals surface area contributed by atoms with Gasteiger partial charge in [-0.25, -0.2) is 0 Å². The average molecular weight is 345 g/mol. The van der Waals surface area contributed by atoms with Gasteiger partial charge in [0.2, 0.25) is 0 Å². The topological polar surface area (TPSA) is 26.7 Å². The molecule has 3 heteroatoms. The summed E-state index contributed by atoms with van der Waals surface area (Å²) in [4.78, 5) is 5.00. The lowest BCUT2D eigenvalue weighted by atomic mass is 9.77. The van der Waals surface area contributed by atoms with Gasteiger partial charge < -0.3 is 14.9 Å². The van der Waals surface area contributed by atoms with Gasteiger partial charge >= 0.3 is 0 Å². The molecule has 0 aromatic heterocycles. The van der Waals surface area contributed by atoms with Crippen molar-refractivity contribution in [1.29, 1.82) is 0 Å². The van der Waals surface area contributed by atoms with E-state index in [0.717, 1.165) is 45.6 Å². The molecule has 1 saturated carbocycles. The van der Waals surface area contributed by atoms with Crippen LogP contribution in [0.15, 0.2) is 18.2 Å². The standard InChI is InChI=1S/C22H36N2O/c1-18-8-9-19(2)20(15-18)16-22(25)10-6-4-5-7-21(22)17-24-13-11-23(3)12-14-24/h8-9,15,21,25H,4-7,10-14,16-17H2,1-3H3. The van der Waals surface area contributed by atoms with Crippen LogP contribution in [0.4, 0.5) is 0 Å². The van der Waals surface area contributed by atoms with Crippen LogP contribution < -0.4 is 0 Å². The summed E-state index contributed by atoms with van der Waals surface area (Å²) in [6.45, 7) is 10.0. The van der Waals surface area contributed by atoms with Crippen molar-refractivity contribution in [3.05, 3.63) is 34.9 Å². The van der Waals surface area contributed by atoms with Gasteiger partial charge in [0.1, 0.15) is 0 Å². The van der Waals surface area contributed by atoms with Crippen molar-refractivity contribution in [3.63, 3.8) is 0 Å². The average Bonchev–Trinajstić information content (AvgIpc) is 2.75. The molecule has 1 heterocycles. The van der Waals surface area contributed by atoms with Crippen molar-refractivity contribution in [3.8, 4) is 0 Å². The Kier molecular flexibility index (Phi) is 6.19. The predicted octanol–water partition coefficient (Wildman–Crippen LogP) is 3.40. The summed E-state index contributed by atoms with van der Waals surface area (Å²) >= 11 is 0. The van der Waals surface area contributed by atoms with Gasteiger partial charge in [-0.2, -0.15) is 0 Å². The third-order valence-electron chi connectivity index (χ3n) is 6.50. The number of hydrogen-bond donors (Lipinski definition) is 1. The molecule has 1 saturated heterocycles. The second-order valence-electron chi connectivity index (χ2n) is 8.61. The van der Waals surface area contributed by atoms with Gasteiger partial charge in [-0.1, -0.05) is 43.0 Å². The molecule has 2 fully saturated rings. The highest BCUT2D eigenvalue weighted by Crippen LogP contribution is 2.36. The van der Waals surface area contributed by atoms with Crippen LogP contribution in [0.1, 0.15) is 48.8 Å². The minimum Gasteiger partial charge on any atom is -0.389 e. The van der Waals surface area contributed by atoms with Crippen LogP contribution in [0.25, 0.3) is 0 Å². The lowest BCUT2D eigenvalue weighted by molar-refractivity contribution is -0.0406. The summed E-state index contributed by atoms with van der Waals surface area (Å²) in [6, 6.07) is 6.67. The predicted molar refractivity (Wildman–Crippen MR) is 105 cm³/mol. The Morgan fingerprint density at radius 1 is 1.08 bits per heavy atom. The van der Waals surface area contributed by atoms with Crippen LogP contribution >= 0.6 is 0 Å². The summed E-state index contributed by atoms with van der Waals surface area (Å²) in [5.74, 6) is 0.401. The molecule has 1 N–H and O–H groups in total. The highest BCUT2D eigenvalue weighted by molar-refractivity contribution is 5.32. The Labute approximate surface area is 154 Å².